The SMILES string of the molecule is O=C(NCCc1cccc(Cl)c1)NCCN1C(=O)CSC1=O. The molecule has 0 bridgehead atoms. The third-order valence-corrected chi connectivity index (χ3v) is 4.14. The summed E-state index contributed by atoms with van der Waals surface area (Å²) in [6.45, 7) is 0.914. The van der Waals surface area contributed by atoms with Crippen LogP contribution in [0.25, 0.3) is 0 Å². The number of carbonyl (C=O) groups excluding carboxylic acids is 3. The number of benzene rings is 1. The maximum absolute atomic E-state index is 11.6. The number of hydrogen-bond acceptors (Lipinski definition) is 4. The fraction of sp³-hybridized carbons (Fsp3) is 0.357. The topological polar surface area (TPSA) is 78.5 Å². The molecular weight excluding hydrogens is 326 g/mol. The summed E-state index contributed by atoms with van der Waals surface area (Å²) in [5, 5.41) is 5.74. The normalized spacial score (nSPS) is 14.3. The Labute approximate surface area is 137 Å². The van der Waals surface area contributed by atoms with Crippen molar-refractivity contribution < 1.29 is 14.4 Å². The van der Waals surface area contributed by atoms with Crippen LogP contribution in [-0.4, -0.2) is 47.5 Å². The minimum absolute atomic E-state index is 0.185. The summed E-state index contributed by atoms with van der Waals surface area (Å²) >= 11 is 6.86. The van der Waals surface area contributed by atoms with Crippen molar-refractivity contribution in [2.75, 3.05) is 25.4 Å². The van der Waals surface area contributed by atoms with Gasteiger partial charge in [-0.2, -0.15) is 0 Å². The van der Waals surface area contributed by atoms with E-state index in [-0.39, 0.29) is 36.0 Å². The molecule has 0 radical (unpaired) electrons. The Morgan fingerprint density at radius 3 is 2.73 bits per heavy atom. The van der Waals surface area contributed by atoms with E-state index in [0.717, 1.165) is 22.2 Å². The number of rotatable bonds is 6. The maximum atomic E-state index is 11.6. The lowest BCUT2D eigenvalue weighted by Gasteiger charge is -2.13. The zero-order valence-electron chi connectivity index (χ0n) is 11.8. The molecule has 118 valence electrons. The van der Waals surface area contributed by atoms with Crippen molar-refractivity contribution in [3.63, 3.8) is 0 Å². The molecule has 1 aliphatic heterocycles. The average molecular weight is 342 g/mol. The lowest BCUT2D eigenvalue weighted by molar-refractivity contribution is -0.124. The van der Waals surface area contributed by atoms with E-state index in [1.165, 1.54) is 0 Å². The molecule has 0 aliphatic carbocycles. The number of urea groups is 1. The van der Waals surface area contributed by atoms with E-state index in [4.69, 9.17) is 11.6 Å². The molecule has 1 saturated heterocycles. The van der Waals surface area contributed by atoms with Gasteiger partial charge in [0.25, 0.3) is 5.24 Å². The summed E-state index contributed by atoms with van der Waals surface area (Å²) in [6.07, 6.45) is 0.674. The molecule has 4 amide bonds. The van der Waals surface area contributed by atoms with Gasteiger partial charge in [0, 0.05) is 24.7 Å². The Kier molecular flexibility index (Phi) is 6.09. The molecule has 0 spiro atoms. The highest BCUT2D eigenvalue weighted by Gasteiger charge is 2.29. The fourth-order valence-corrected chi connectivity index (χ4v) is 2.92. The number of imide groups is 1. The molecule has 0 unspecified atom stereocenters. The van der Waals surface area contributed by atoms with Crippen LogP contribution in [0.15, 0.2) is 24.3 Å². The Morgan fingerprint density at radius 2 is 2.05 bits per heavy atom. The molecule has 22 heavy (non-hydrogen) atoms. The zero-order chi connectivity index (χ0) is 15.9. The van der Waals surface area contributed by atoms with Gasteiger partial charge in [0.1, 0.15) is 0 Å². The Bertz CT molecular complexity index is 566. The van der Waals surface area contributed by atoms with E-state index < -0.39 is 0 Å². The molecule has 1 aliphatic rings. The van der Waals surface area contributed by atoms with Gasteiger partial charge in [-0.1, -0.05) is 35.5 Å². The van der Waals surface area contributed by atoms with Crippen LogP contribution in [0.5, 0.6) is 0 Å². The summed E-state index contributed by atoms with van der Waals surface area (Å²) < 4.78 is 0. The molecule has 0 aromatic heterocycles. The molecule has 1 fully saturated rings. The molecule has 2 rings (SSSR count). The summed E-state index contributed by atoms with van der Waals surface area (Å²) in [7, 11) is 0. The van der Waals surface area contributed by atoms with Crippen LogP contribution in [0.1, 0.15) is 5.56 Å². The van der Waals surface area contributed by atoms with Gasteiger partial charge in [-0.3, -0.25) is 14.5 Å². The number of nitrogens with zero attached hydrogens (tertiary/aromatic N) is 1. The average Bonchev–Trinajstić information content (AvgIpc) is 2.79. The predicted octanol–water partition coefficient (Wildman–Crippen LogP) is 1.88. The van der Waals surface area contributed by atoms with Crippen LogP contribution in [0.4, 0.5) is 9.59 Å². The van der Waals surface area contributed by atoms with E-state index in [1.54, 1.807) is 6.07 Å². The first kappa shape index (κ1) is 16.6. The Morgan fingerprint density at radius 1 is 1.27 bits per heavy atom. The van der Waals surface area contributed by atoms with Gasteiger partial charge in [0.05, 0.1) is 5.75 Å². The predicted molar refractivity (Wildman–Crippen MR) is 86.1 cm³/mol. The van der Waals surface area contributed by atoms with Crippen LogP contribution in [0, 0.1) is 0 Å². The van der Waals surface area contributed by atoms with Crippen molar-refractivity contribution in [1.82, 2.24) is 15.5 Å². The third kappa shape index (κ3) is 4.92. The zero-order valence-corrected chi connectivity index (χ0v) is 13.4. The first-order valence-corrected chi connectivity index (χ1v) is 8.16. The van der Waals surface area contributed by atoms with E-state index in [0.29, 0.717) is 18.0 Å². The van der Waals surface area contributed by atoms with Crippen molar-refractivity contribution in [3.05, 3.63) is 34.9 Å². The molecule has 6 nitrogen and oxygen atoms in total. The highest BCUT2D eigenvalue weighted by Crippen LogP contribution is 2.17. The van der Waals surface area contributed by atoms with Gasteiger partial charge in [0.15, 0.2) is 0 Å². The van der Waals surface area contributed by atoms with Gasteiger partial charge in [-0.05, 0) is 24.1 Å². The lowest BCUT2D eigenvalue weighted by Crippen LogP contribution is -2.42. The summed E-state index contributed by atoms with van der Waals surface area (Å²) in [6, 6.07) is 7.12. The quantitative estimate of drug-likeness (QED) is 0.828. The third-order valence-electron chi connectivity index (χ3n) is 3.05. The second-order valence-corrected chi connectivity index (χ2v) is 6.03. The van der Waals surface area contributed by atoms with Crippen molar-refractivity contribution in [1.29, 1.82) is 0 Å². The highest BCUT2D eigenvalue weighted by atomic mass is 35.5. The molecule has 1 aromatic rings. The highest BCUT2D eigenvalue weighted by molar-refractivity contribution is 8.14. The number of hydrogen-bond donors (Lipinski definition) is 2. The summed E-state index contributed by atoms with van der Waals surface area (Å²) in [5.74, 6) is -0.0248. The Balaban J connectivity index is 1.62. The molecular formula is C14H16ClN3O3S. The molecule has 8 heteroatoms. The first-order valence-electron chi connectivity index (χ1n) is 6.79. The van der Waals surface area contributed by atoms with Crippen LogP contribution < -0.4 is 10.6 Å². The van der Waals surface area contributed by atoms with Crippen molar-refractivity contribution in [2.45, 2.75) is 6.42 Å². The van der Waals surface area contributed by atoms with Crippen molar-refractivity contribution >= 4 is 40.5 Å². The minimum atomic E-state index is -0.325. The van der Waals surface area contributed by atoms with Gasteiger partial charge in [-0.25, -0.2) is 4.79 Å². The molecule has 1 aromatic carbocycles. The molecule has 2 N–H and O–H groups in total. The fourth-order valence-electron chi connectivity index (χ4n) is 1.95. The van der Waals surface area contributed by atoms with Gasteiger partial charge >= 0.3 is 6.03 Å². The van der Waals surface area contributed by atoms with E-state index in [9.17, 15) is 14.4 Å². The second-order valence-electron chi connectivity index (χ2n) is 4.66. The van der Waals surface area contributed by atoms with E-state index >= 15 is 0 Å². The number of halogens is 1. The number of carbonyl (C=O) groups is 3. The molecule has 0 atom stereocenters. The van der Waals surface area contributed by atoms with Gasteiger partial charge < -0.3 is 10.6 Å². The summed E-state index contributed by atoms with van der Waals surface area (Å²) in [5.41, 5.74) is 1.04. The van der Waals surface area contributed by atoms with E-state index in [2.05, 4.69) is 10.6 Å². The van der Waals surface area contributed by atoms with Gasteiger partial charge in [0.2, 0.25) is 5.91 Å². The van der Waals surface area contributed by atoms with Crippen molar-refractivity contribution in [2.24, 2.45) is 0 Å². The monoisotopic (exact) mass is 341 g/mol. The first-order chi connectivity index (χ1) is 10.6. The lowest BCUT2D eigenvalue weighted by atomic mass is 10.1. The van der Waals surface area contributed by atoms with Gasteiger partial charge in [-0.15, -0.1) is 0 Å². The number of amides is 4. The van der Waals surface area contributed by atoms with Crippen LogP contribution in [0.3, 0.4) is 0 Å². The smallest absolute Gasteiger partial charge is 0.314 e. The van der Waals surface area contributed by atoms with Crippen LogP contribution in [0.2, 0.25) is 5.02 Å². The Hall–Kier alpha value is -1.73. The number of nitrogens with one attached hydrogen (secondary N) is 2. The maximum Gasteiger partial charge on any atom is 0.314 e. The van der Waals surface area contributed by atoms with Crippen molar-refractivity contribution in [3.8, 4) is 0 Å². The molecule has 1 heterocycles. The van der Waals surface area contributed by atoms with E-state index in [1.807, 2.05) is 18.2 Å². The van der Waals surface area contributed by atoms with Crippen LogP contribution >= 0.6 is 23.4 Å². The largest absolute Gasteiger partial charge is 0.338 e. The summed E-state index contributed by atoms with van der Waals surface area (Å²) in [4.78, 5) is 35.5. The minimum Gasteiger partial charge on any atom is -0.338 e. The number of thioether (sulfide) groups is 1. The van der Waals surface area contributed by atoms with Crippen LogP contribution in [-0.2, 0) is 11.2 Å². The second kappa shape index (κ2) is 8.05. The standard InChI is InChI=1S/C14H16ClN3O3S/c15-11-3-1-2-10(8-11)4-5-16-13(20)17-6-7-18-12(19)9-22-14(18)21/h1-3,8H,4-7,9H2,(H2,16,17,20). The molecule has 0 saturated carbocycles.